The van der Waals surface area contributed by atoms with Crippen molar-refractivity contribution in [2.24, 2.45) is 0 Å². The highest BCUT2D eigenvalue weighted by Gasteiger charge is 2.40. The zero-order valence-electron chi connectivity index (χ0n) is 14.7. The van der Waals surface area contributed by atoms with Crippen LogP contribution in [0.1, 0.15) is 30.3 Å². The van der Waals surface area contributed by atoms with Crippen molar-refractivity contribution in [3.8, 4) is 22.4 Å². The van der Waals surface area contributed by atoms with Crippen LogP contribution in [-0.2, 0) is 4.79 Å². The van der Waals surface area contributed by atoms with E-state index in [0.717, 1.165) is 40.9 Å². The minimum absolute atomic E-state index is 0.406. The van der Waals surface area contributed by atoms with Crippen molar-refractivity contribution in [3.63, 3.8) is 0 Å². The van der Waals surface area contributed by atoms with Gasteiger partial charge in [-0.3, -0.25) is 9.59 Å². The van der Waals surface area contributed by atoms with Gasteiger partial charge in [-0.25, -0.2) is 0 Å². The van der Waals surface area contributed by atoms with E-state index in [1.54, 1.807) is 4.90 Å². The molecule has 0 saturated heterocycles. The Labute approximate surface area is 152 Å². The Balaban J connectivity index is 1.97. The van der Waals surface area contributed by atoms with Crippen molar-refractivity contribution in [3.05, 3.63) is 66.4 Å². The monoisotopic (exact) mass is 344 g/mol. The molecule has 4 heteroatoms. The van der Waals surface area contributed by atoms with Crippen LogP contribution in [0.5, 0.6) is 0 Å². The van der Waals surface area contributed by atoms with Gasteiger partial charge in [-0.2, -0.15) is 0 Å². The number of ketones is 1. The number of fused-ring (bicyclic) bond motifs is 1. The number of carbonyl (C=O) groups is 2. The van der Waals surface area contributed by atoms with Gasteiger partial charge in [0.1, 0.15) is 5.69 Å². The first-order valence-electron chi connectivity index (χ1n) is 8.95. The van der Waals surface area contributed by atoms with Gasteiger partial charge < -0.3 is 9.88 Å². The number of anilines is 1. The predicted octanol–water partition coefficient (Wildman–Crippen LogP) is 4.68. The van der Waals surface area contributed by atoms with E-state index in [4.69, 9.17) is 0 Å². The summed E-state index contributed by atoms with van der Waals surface area (Å²) in [7, 11) is 0. The van der Waals surface area contributed by atoms with E-state index in [9.17, 15) is 9.59 Å². The van der Waals surface area contributed by atoms with Crippen molar-refractivity contribution in [1.29, 1.82) is 0 Å². The normalized spacial score (nSPS) is 13.3. The quantitative estimate of drug-likeness (QED) is 0.683. The third kappa shape index (κ3) is 2.54. The van der Waals surface area contributed by atoms with Crippen LogP contribution in [0, 0.1) is 0 Å². The first kappa shape index (κ1) is 16.3. The van der Waals surface area contributed by atoms with Crippen LogP contribution in [0.3, 0.4) is 0 Å². The minimum atomic E-state index is -0.449. The number of aromatic nitrogens is 1. The molecule has 0 radical (unpaired) electrons. The van der Waals surface area contributed by atoms with Crippen molar-refractivity contribution in [1.82, 2.24) is 4.98 Å². The molecule has 2 aromatic carbocycles. The number of hydrogen-bond acceptors (Lipinski definition) is 2. The SMILES string of the molecule is CCCCN1C(=O)C(=O)c2[nH]c(-c3ccccc3)c(-c3ccccc3)c21. The molecule has 4 nitrogen and oxygen atoms in total. The number of benzene rings is 2. The second-order valence-electron chi connectivity index (χ2n) is 6.47. The summed E-state index contributed by atoms with van der Waals surface area (Å²) in [6.07, 6.45) is 1.82. The van der Waals surface area contributed by atoms with Gasteiger partial charge in [-0.15, -0.1) is 0 Å². The maximum absolute atomic E-state index is 12.6. The van der Waals surface area contributed by atoms with Gasteiger partial charge in [0.15, 0.2) is 0 Å². The summed E-state index contributed by atoms with van der Waals surface area (Å²) in [6.45, 7) is 2.63. The molecule has 0 atom stereocenters. The molecule has 0 saturated carbocycles. The molecule has 0 unspecified atom stereocenters. The molecule has 1 aliphatic rings. The third-order valence-corrected chi connectivity index (χ3v) is 4.77. The topological polar surface area (TPSA) is 53.2 Å². The number of carbonyl (C=O) groups excluding carboxylic acids is 2. The number of Topliss-reactive ketones (excluding diaryl/α,β-unsaturated/α-hetero) is 1. The van der Waals surface area contributed by atoms with E-state index in [2.05, 4.69) is 11.9 Å². The molecule has 4 rings (SSSR count). The maximum Gasteiger partial charge on any atom is 0.301 e. The predicted molar refractivity (Wildman–Crippen MR) is 103 cm³/mol. The maximum atomic E-state index is 12.6. The van der Waals surface area contributed by atoms with Gasteiger partial charge in [0.25, 0.3) is 5.78 Å². The first-order chi connectivity index (χ1) is 12.7. The molecule has 1 aromatic heterocycles. The number of unbranched alkanes of at least 4 members (excludes halogenated alkanes) is 1. The molecule has 130 valence electrons. The lowest BCUT2D eigenvalue weighted by molar-refractivity contribution is -0.114. The van der Waals surface area contributed by atoms with Gasteiger partial charge in [-0.1, -0.05) is 74.0 Å². The Hall–Kier alpha value is -3.14. The fourth-order valence-corrected chi connectivity index (χ4v) is 3.49. The van der Waals surface area contributed by atoms with E-state index in [0.29, 0.717) is 12.2 Å². The fourth-order valence-electron chi connectivity index (χ4n) is 3.49. The molecule has 0 bridgehead atoms. The Morgan fingerprint density at radius 1 is 0.846 bits per heavy atom. The molecule has 0 aliphatic carbocycles. The average Bonchev–Trinajstić information content (AvgIpc) is 3.18. The highest BCUT2D eigenvalue weighted by molar-refractivity contribution is 6.52. The summed E-state index contributed by atoms with van der Waals surface area (Å²) in [6, 6.07) is 19.9. The van der Waals surface area contributed by atoms with E-state index in [-0.39, 0.29) is 0 Å². The molecular formula is C22H20N2O2. The lowest BCUT2D eigenvalue weighted by Crippen LogP contribution is -2.31. The van der Waals surface area contributed by atoms with E-state index < -0.39 is 11.7 Å². The summed E-state index contributed by atoms with van der Waals surface area (Å²) in [5, 5.41) is 0. The van der Waals surface area contributed by atoms with Crippen LogP contribution >= 0.6 is 0 Å². The third-order valence-electron chi connectivity index (χ3n) is 4.77. The smallest absolute Gasteiger partial charge is 0.301 e. The Bertz CT molecular complexity index is 959. The van der Waals surface area contributed by atoms with Gasteiger partial charge in [0.2, 0.25) is 0 Å². The van der Waals surface area contributed by atoms with Gasteiger partial charge in [0, 0.05) is 12.1 Å². The molecule has 3 aromatic rings. The van der Waals surface area contributed by atoms with Gasteiger partial charge >= 0.3 is 5.91 Å². The molecule has 0 spiro atoms. The number of rotatable bonds is 5. The van der Waals surface area contributed by atoms with Gasteiger partial charge in [-0.05, 0) is 17.5 Å². The van der Waals surface area contributed by atoms with E-state index in [1.165, 1.54) is 0 Å². The summed E-state index contributed by atoms with van der Waals surface area (Å²) in [4.78, 5) is 30.0. The molecule has 1 N–H and O–H groups in total. The summed E-state index contributed by atoms with van der Waals surface area (Å²) in [5.41, 5.74) is 4.91. The van der Waals surface area contributed by atoms with Gasteiger partial charge in [0.05, 0.1) is 11.4 Å². The fraction of sp³-hybridized carbons (Fsp3) is 0.182. The Morgan fingerprint density at radius 2 is 1.46 bits per heavy atom. The number of amides is 1. The number of H-pyrrole nitrogens is 1. The highest BCUT2D eigenvalue weighted by Crippen LogP contribution is 2.45. The largest absolute Gasteiger partial charge is 0.349 e. The molecule has 1 aliphatic heterocycles. The summed E-state index contributed by atoms with van der Waals surface area (Å²) >= 11 is 0. The number of nitrogens with one attached hydrogen (secondary N) is 1. The van der Waals surface area contributed by atoms with Crippen LogP contribution in [0.4, 0.5) is 5.69 Å². The number of aromatic amines is 1. The Morgan fingerprint density at radius 3 is 2.08 bits per heavy atom. The minimum Gasteiger partial charge on any atom is -0.349 e. The summed E-state index contributed by atoms with van der Waals surface area (Å²) in [5.74, 6) is -0.882. The lowest BCUT2D eigenvalue weighted by Gasteiger charge is -2.18. The zero-order valence-corrected chi connectivity index (χ0v) is 14.7. The van der Waals surface area contributed by atoms with E-state index >= 15 is 0 Å². The molecule has 1 amide bonds. The van der Waals surface area contributed by atoms with Crippen LogP contribution in [0.2, 0.25) is 0 Å². The summed E-state index contributed by atoms with van der Waals surface area (Å²) < 4.78 is 0. The molecule has 2 heterocycles. The molecule has 0 fully saturated rings. The zero-order chi connectivity index (χ0) is 18.1. The van der Waals surface area contributed by atoms with Crippen LogP contribution < -0.4 is 4.90 Å². The average molecular weight is 344 g/mol. The van der Waals surface area contributed by atoms with Crippen molar-refractivity contribution in [2.45, 2.75) is 19.8 Å². The van der Waals surface area contributed by atoms with Crippen LogP contribution in [-0.4, -0.2) is 23.2 Å². The number of nitrogens with zero attached hydrogens (tertiary/aromatic N) is 1. The van der Waals surface area contributed by atoms with Crippen molar-refractivity contribution in [2.75, 3.05) is 11.4 Å². The highest BCUT2D eigenvalue weighted by atomic mass is 16.2. The van der Waals surface area contributed by atoms with Crippen LogP contribution in [0.15, 0.2) is 60.7 Å². The number of hydrogen-bond donors (Lipinski definition) is 1. The van der Waals surface area contributed by atoms with Crippen molar-refractivity contribution < 1.29 is 9.59 Å². The molecule has 26 heavy (non-hydrogen) atoms. The molecular weight excluding hydrogens is 324 g/mol. The van der Waals surface area contributed by atoms with Crippen molar-refractivity contribution >= 4 is 17.4 Å². The second kappa shape index (κ2) is 6.64. The lowest BCUT2D eigenvalue weighted by atomic mass is 9.99. The Kier molecular flexibility index (Phi) is 4.17. The standard InChI is InChI=1S/C22H20N2O2/c1-2-3-14-24-20-17(15-10-6-4-7-11-15)18(16-12-8-5-9-13-16)23-19(20)21(25)22(24)26/h4-13,23H,2-3,14H2,1H3. The second-order valence-corrected chi connectivity index (χ2v) is 6.47. The van der Waals surface area contributed by atoms with E-state index in [1.807, 2.05) is 60.7 Å². The first-order valence-corrected chi connectivity index (χ1v) is 8.95. The van der Waals surface area contributed by atoms with Crippen LogP contribution in [0.25, 0.3) is 22.4 Å².